The zero-order valence-corrected chi connectivity index (χ0v) is 12.6. The van der Waals surface area contributed by atoms with Crippen molar-refractivity contribution < 1.29 is 9.90 Å². The summed E-state index contributed by atoms with van der Waals surface area (Å²) in [5, 5.41) is 12.7. The van der Waals surface area contributed by atoms with Crippen molar-refractivity contribution >= 4 is 11.8 Å². The molecule has 1 aliphatic carbocycles. The van der Waals surface area contributed by atoms with E-state index in [0.717, 1.165) is 50.2 Å². The van der Waals surface area contributed by atoms with Gasteiger partial charge in [-0.1, -0.05) is 0 Å². The van der Waals surface area contributed by atoms with Crippen LogP contribution in [0.3, 0.4) is 0 Å². The van der Waals surface area contributed by atoms with Crippen LogP contribution in [0.5, 0.6) is 0 Å². The molecule has 114 valence electrons. The minimum Gasteiger partial charge on any atom is -0.478 e. The number of rotatable bonds is 5. The van der Waals surface area contributed by atoms with E-state index in [-0.39, 0.29) is 6.04 Å². The number of nitrogens with one attached hydrogen (secondary N) is 1. The van der Waals surface area contributed by atoms with Gasteiger partial charge < -0.3 is 15.3 Å². The Morgan fingerprint density at radius 3 is 2.86 bits per heavy atom. The van der Waals surface area contributed by atoms with Gasteiger partial charge in [-0.15, -0.1) is 0 Å². The van der Waals surface area contributed by atoms with E-state index in [1.165, 1.54) is 12.8 Å². The van der Waals surface area contributed by atoms with E-state index in [0.29, 0.717) is 11.4 Å². The van der Waals surface area contributed by atoms with Gasteiger partial charge >= 0.3 is 5.97 Å². The van der Waals surface area contributed by atoms with Gasteiger partial charge in [-0.25, -0.2) is 9.78 Å². The van der Waals surface area contributed by atoms with Crippen molar-refractivity contribution in [3.8, 4) is 0 Å². The van der Waals surface area contributed by atoms with E-state index in [2.05, 4.69) is 22.1 Å². The molecule has 5 nitrogen and oxygen atoms in total. The molecule has 1 saturated heterocycles. The van der Waals surface area contributed by atoms with Gasteiger partial charge in [-0.2, -0.15) is 0 Å². The number of carboxylic acids is 1. The predicted molar refractivity (Wildman–Crippen MR) is 82.0 cm³/mol. The molecule has 0 aromatic carbocycles. The fourth-order valence-electron chi connectivity index (χ4n) is 3.38. The molecule has 3 rings (SSSR count). The number of carbonyl (C=O) groups is 1. The number of pyridine rings is 1. The normalized spacial score (nSPS) is 19.5. The van der Waals surface area contributed by atoms with Crippen molar-refractivity contribution in [2.24, 2.45) is 0 Å². The lowest BCUT2D eigenvalue weighted by atomic mass is 10.1. The highest BCUT2D eigenvalue weighted by atomic mass is 16.4. The van der Waals surface area contributed by atoms with E-state index in [1.807, 2.05) is 6.07 Å². The highest BCUT2D eigenvalue weighted by Gasteiger charge is 2.22. The molecule has 2 N–H and O–H groups in total. The zero-order valence-electron chi connectivity index (χ0n) is 12.6. The second-order valence-electron chi connectivity index (χ2n) is 6.20. The first-order chi connectivity index (χ1) is 10.1. The maximum absolute atomic E-state index is 11.5. The molecule has 1 unspecified atom stereocenters. The number of likely N-dealkylation sites (tertiary alicyclic amines) is 1. The third-order valence-corrected chi connectivity index (χ3v) is 4.40. The maximum atomic E-state index is 11.5. The molecule has 1 aromatic heterocycles. The molecule has 0 amide bonds. The highest BCUT2D eigenvalue weighted by molar-refractivity contribution is 5.93. The van der Waals surface area contributed by atoms with E-state index < -0.39 is 5.97 Å². The van der Waals surface area contributed by atoms with Crippen LogP contribution >= 0.6 is 0 Å². The van der Waals surface area contributed by atoms with E-state index >= 15 is 0 Å². The first kappa shape index (κ1) is 14.3. The summed E-state index contributed by atoms with van der Waals surface area (Å²) in [5.41, 5.74) is 2.48. The molecule has 0 saturated carbocycles. The Labute approximate surface area is 125 Å². The van der Waals surface area contributed by atoms with Crippen LogP contribution in [0, 0.1) is 0 Å². The SMILES string of the molecule is CC(CN1CCCC1)Nc1nc2c(cc1C(=O)O)CCC2. The Bertz CT molecular complexity index is 539. The van der Waals surface area contributed by atoms with Gasteiger partial charge in [0.15, 0.2) is 0 Å². The van der Waals surface area contributed by atoms with Gasteiger partial charge in [0.25, 0.3) is 0 Å². The lowest BCUT2D eigenvalue weighted by molar-refractivity contribution is 0.0697. The Balaban J connectivity index is 1.75. The highest BCUT2D eigenvalue weighted by Crippen LogP contribution is 2.26. The molecule has 2 aliphatic rings. The van der Waals surface area contributed by atoms with E-state index in [1.54, 1.807) is 0 Å². The van der Waals surface area contributed by atoms with Gasteiger partial charge in [0.1, 0.15) is 11.4 Å². The van der Waals surface area contributed by atoms with Crippen LogP contribution in [0.2, 0.25) is 0 Å². The summed E-state index contributed by atoms with van der Waals surface area (Å²) in [6.07, 6.45) is 5.53. The topological polar surface area (TPSA) is 65.5 Å². The molecular formula is C16H23N3O2. The standard InChI is InChI=1S/C16H23N3O2/c1-11(10-19-7-2-3-8-19)17-15-13(16(20)21)9-12-5-4-6-14(12)18-15/h9,11H,2-8,10H2,1H3,(H,17,18)(H,20,21). The van der Waals surface area contributed by atoms with Crippen LogP contribution in [0.15, 0.2) is 6.07 Å². The molecule has 1 aromatic rings. The number of carboxylic acid groups (broad SMARTS) is 1. The van der Waals surface area contributed by atoms with Crippen molar-refractivity contribution in [1.82, 2.24) is 9.88 Å². The quantitative estimate of drug-likeness (QED) is 0.869. The maximum Gasteiger partial charge on any atom is 0.339 e. The predicted octanol–water partition coefficient (Wildman–Crippen LogP) is 2.16. The van der Waals surface area contributed by atoms with Gasteiger partial charge in [0, 0.05) is 18.3 Å². The Hall–Kier alpha value is -1.62. The molecule has 5 heteroatoms. The molecular weight excluding hydrogens is 266 g/mol. The number of aromatic carboxylic acids is 1. The van der Waals surface area contributed by atoms with Gasteiger partial charge in [-0.05, 0) is 63.7 Å². The third kappa shape index (κ3) is 3.18. The second kappa shape index (κ2) is 6.02. The minimum atomic E-state index is -0.895. The fourth-order valence-corrected chi connectivity index (χ4v) is 3.38. The van der Waals surface area contributed by atoms with Crippen molar-refractivity contribution in [3.63, 3.8) is 0 Å². The van der Waals surface area contributed by atoms with Crippen molar-refractivity contribution in [2.45, 2.75) is 45.1 Å². The molecule has 0 bridgehead atoms. The summed E-state index contributed by atoms with van der Waals surface area (Å²) in [6.45, 7) is 5.33. The van der Waals surface area contributed by atoms with Gasteiger partial charge in [0.05, 0.1) is 0 Å². The summed E-state index contributed by atoms with van der Waals surface area (Å²) in [4.78, 5) is 18.5. The number of hydrogen-bond donors (Lipinski definition) is 2. The van der Waals surface area contributed by atoms with Crippen LogP contribution in [-0.2, 0) is 12.8 Å². The lowest BCUT2D eigenvalue weighted by Gasteiger charge is -2.22. The molecule has 1 aliphatic heterocycles. The zero-order chi connectivity index (χ0) is 14.8. The first-order valence-electron chi connectivity index (χ1n) is 7.88. The van der Waals surface area contributed by atoms with Gasteiger partial charge in [-0.3, -0.25) is 0 Å². The number of aromatic nitrogens is 1. The largest absolute Gasteiger partial charge is 0.478 e. The number of aryl methyl sites for hydroxylation is 2. The summed E-state index contributed by atoms with van der Waals surface area (Å²) in [6, 6.07) is 2.01. The number of fused-ring (bicyclic) bond motifs is 1. The Morgan fingerprint density at radius 1 is 1.38 bits per heavy atom. The fraction of sp³-hybridized carbons (Fsp3) is 0.625. The Kier molecular flexibility index (Phi) is 4.10. The van der Waals surface area contributed by atoms with Crippen LogP contribution in [0.4, 0.5) is 5.82 Å². The third-order valence-electron chi connectivity index (χ3n) is 4.40. The average Bonchev–Trinajstić information content (AvgIpc) is 3.07. The molecule has 0 radical (unpaired) electrons. The van der Waals surface area contributed by atoms with Crippen molar-refractivity contribution in [3.05, 3.63) is 22.9 Å². The summed E-state index contributed by atoms with van der Waals surface area (Å²) < 4.78 is 0. The van der Waals surface area contributed by atoms with Crippen molar-refractivity contribution in [1.29, 1.82) is 0 Å². The van der Waals surface area contributed by atoms with E-state index in [4.69, 9.17) is 0 Å². The average molecular weight is 289 g/mol. The summed E-state index contributed by atoms with van der Waals surface area (Å²) in [5.74, 6) is -0.358. The number of hydrogen-bond acceptors (Lipinski definition) is 4. The number of anilines is 1. The molecule has 1 atom stereocenters. The second-order valence-corrected chi connectivity index (χ2v) is 6.20. The smallest absolute Gasteiger partial charge is 0.339 e. The van der Waals surface area contributed by atoms with Crippen LogP contribution < -0.4 is 5.32 Å². The minimum absolute atomic E-state index is 0.202. The monoisotopic (exact) mass is 289 g/mol. The molecule has 2 heterocycles. The first-order valence-corrected chi connectivity index (χ1v) is 7.88. The summed E-state index contributed by atoms with van der Waals surface area (Å²) >= 11 is 0. The molecule has 1 fully saturated rings. The van der Waals surface area contributed by atoms with E-state index in [9.17, 15) is 9.90 Å². The van der Waals surface area contributed by atoms with Crippen molar-refractivity contribution in [2.75, 3.05) is 25.0 Å². The molecule has 21 heavy (non-hydrogen) atoms. The number of nitrogens with zero attached hydrogens (tertiary/aromatic N) is 2. The van der Waals surface area contributed by atoms with Crippen LogP contribution in [0.25, 0.3) is 0 Å². The Morgan fingerprint density at radius 2 is 2.14 bits per heavy atom. The summed E-state index contributed by atoms with van der Waals surface area (Å²) in [7, 11) is 0. The van der Waals surface area contributed by atoms with Gasteiger partial charge in [0.2, 0.25) is 0 Å². The van der Waals surface area contributed by atoms with Crippen LogP contribution in [0.1, 0.15) is 47.8 Å². The molecule has 0 spiro atoms. The van der Waals surface area contributed by atoms with Crippen LogP contribution in [-0.4, -0.2) is 46.6 Å². The lowest BCUT2D eigenvalue weighted by Crippen LogP contribution is -2.33.